The lowest BCUT2D eigenvalue weighted by molar-refractivity contribution is -0.122. The molecule has 1 heterocycles. The maximum absolute atomic E-state index is 12.9. The quantitative estimate of drug-likeness (QED) is 0.703. The van der Waals surface area contributed by atoms with Crippen molar-refractivity contribution in [3.63, 3.8) is 0 Å². The normalized spacial score (nSPS) is 11.2. The predicted octanol–water partition coefficient (Wildman–Crippen LogP) is 3.57. The highest BCUT2D eigenvalue weighted by molar-refractivity contribution is 7.18. The van der Waals surface area contributed by atoms with Crippen LogP contribution in [0.5, 0.6) is 0 Å². The van der Waals surface area contributed by atoms with Crippen LogP contribution in [0, 0.1) is 5.82 Å². The Balaban J connectivity index is 1.53. The van der Waals surface area contributed by atoms with Crippen molar-refractivity contribution in [2.45, 2.75) is 20.0 Å². The van der Waals surface area contributed by atoms with Gasteiger partial charge in [-0.15, -0.1) is 11.3 Å². The molecule has 0 saturated heterocycles. The molecule has 3 rings (SSSR count). The molecule has 0 aliphatic heterocycles. The van der Waals surface area contributed by atoms with E-state index in [1.54, 1.807) is 23.5 Å². The minimum absolute atomic E-state index is 0.0488. The fourth-order valence-corrected chi connectivity index (χ4v) is 3.53. The number of carbonyl (C=O) groups excluding carboxylic acids is 1. The first-order valence-electron chi connectivity index (χ1n) is 8.22. The smallest absolute Gasteiger partial charge is 0.234 e. The van der Waals surface area contributed by atoms with Gasteiger partial charge in [0.05, 0.1) is 23.3 Å². The van der Waals surface area contributed by atoms with Crippen LogP contribution in [0.25, 0.3) is 10.2 Å². The van der Waals surface area contributed by atoms with Gasteiger partial charge in [-0.1, -0.05) is 31.2 Å². The molecular formula is C19H20FN3OS. The van der Waals surface area contributed by atoms with Crippen molar-refractivity contribution in [2.24, 2.45) is 0 Å². The molecule has 0 spiro atoms. The lowest BCUT2D eigenvalue weighted by Gasteiger charge is -2.18. The van der Waals surface area contributed by atoms with Crippen molar-refractivity contribution in [2.75, 3.05) is 13.1 Å². The maximum atomic E-state index is 12.9. The lowest BCUT2D eigenvalue weighted by atomic mass is 10.2. The second kappa shape index (κ2) is 8.18. The summed E-state index contributed by atoms with van der Waals surface area (Å²) in [5.74, 6) is -0.324. The van der Waals surface area contributed by atoms with Gasteiger partial charge in [-0.25, -0.2) is 9.37 Å². The molecule has 1 N–H and O–H groups in total. The van der Waals surface area contributed by atoms with Crippen LogP contribution in [-0.4, -0.2) is 28.9 Å². The van der Waals surface area contributed by atoms with Crippen LogP contribution in [0.15, 0.2) is 48.5 Å². The number of halogens is 1. The summed E-state index contributed by atoms with van der Waals surface area (Å²) < 4.78 is 14.0. The van der Waals surface area contributed by atoms with Gasteiger partial charge in [0.2, 0.25) is 5.91 Å². The summed E-state index contributed by atoms with van der Waals surface area (Å²) in [6.07, 6.45) is 0. The predicted molar refractivity (Wildman–Crippen MR) is 98.8 cm³/mol. The Labute approximate surface area is 150 Å². The van der Waals surface area contributed by atoms with Crippen LogP contribution >= 0.6 is 11.3 Å². The number of likely N-dealkylation sites (N-methyl/N-ethyl adjacent to an activating group) is 1. The number of hydrogen-bond donors (Lipinski definition) is 1. The van der Waals surface area contributed by atoms with Crippen LogP contribution in [0.4, 0.5) is 4.39 Å². The largest absolute Gasteiger partial charge is 0.351 e. The van der Waals surface area contributed by atoms with E-state index in [1.165, 1.54) is 12.1 Å². The Bertz CT molecular complexity index is 814. The van der Waals surface area contributed by atoms with Crippen LogP contribution in [-0.2, 0) is 17.9 Å². The summed E-state index contributed by atoms with van der Waals surface area (Å²) in [5.41, 5.74) is 1.88. The van der Waals surface area contributed by atoms with E-state index in [2.05, 4.69) is 21.3 Å². The third-order valence-corrected chi connectivity index (χ3v) is 4.94. The van der Waals surface area contributed by atoms with Crippen LogP contribution in [0.3, 0.4) is 0 Å². The number of rotatable bonds is 7. The van der Waals surface area contributed by atoms with Crippen LogP contribution in [0.2, 0.25) is 0 Å². The Morgan fingerprint density at radius 2 is 1.96 bits per heavy atom. The molecule has 0 saturated carbocycles. The zero-order valence-electron chi connectivity index (χ0n) is 14.0. The molecule has 4 nitrogen and oxygen atoms in total. The molecule has 1 aromatic heterocycles. The minimum Gasteiger partial charge on any atom is -0.351 e. The average Bonchev–Trinajstić information content (AvgIpc) is 3.03. The van der Waals surface area contributed by atoms with Gasteiger partial charge in [-0.05, 0) is 36.4 Å². The first-order valence-corrected chi connectivity index (χ1v) is 9.03. The molecule has 0 aliphatic carbocycles. The number of carbonyl (C=O) groups is 1. The standard InChI is InChI=1S/C19H20FN3OS/c1-2-23(13-19-22-16-5-3-4-6-17(16)25-19)12-18(24)21-11-14-7-9-15(20)10-8-14/h3-10H,2,11-13H2,1H3,(H,21,24). The molecule has 2 aromatic carbocycles. The van der Waals surface area contributed by atoms with Gasteiger partial charge in [-0.3, -0.25) is 9.69 Å². The Kier molecular flexibility index (Phi) is 5.73. The molecule has 25 heavy (non-hydrogen) atoms. The lowest BCUT2D eigenvalue weighted by Crippen LogP contribution is -2.36. The summed E-state index contributed by atoms with van der Waals surface area (Å²) in [7, 11) is 0. The molecule has 0 radical (unpaired) electrons. The minimum atomic E-state index is -0.275. The molecule has 0 aliphatic rings. The van der Waals surface area contributed by atoms with Gasteiger partial charge in [0.15, 0.2) is 0 Å². The summed E-state index contributed by atoms with van der Waals surface area (Å²) in [5, 5.41) is 3.88. The first-order chi connectivity index (χ1) is 12.1. The van der Waals surface area contributed by atoms with Crippen molar-refractivity contribution in [3.05, 3.63) is 64.9 Å². The van der Waals surface area contributed by atoms with Crippen molar-refractivity contribution >= 4 is 27.5 Å². The number of benzene rings is 2. The highest BCUT2D eigenvalue weighted by Gasteiger charge is 2.12. The summed E-state index contributed by atoms with van der Waals surface area (Å²) in [4.78, 5) is 18.8. The summed E-state index contributed by atoms with van der Waals surface area (Å²) in [6.45, 7) is 4.16. The summed E-state index contributed by atoms with van der Waals surface area (Å²) in [6, 6.07) is 14.2. The number of hydrogen-bond acceptors (Lipinski definition) is 4. The Morgan fingerprint density at radius 3 is 2.68 bits per heavy atom. The van der Waals surface area contributed by atoms with Crippen molar-refractivity contribution in [1.29, 1.82) is 0 Å². The van der Waals surface area contributed by atoms with Gasteiger partial charge in [0.25, 0.3) is 0 Å². The van der Waals surface area contributed by atoms with Crippen molar-refractivity contribution < 1.29 is 9.18 Å². The number of fused-ring (bicyclic) bond motifs is 1. The zero-order valence-corrected chi connectivity index (χ0v) is 14.9. The van der Waals surface area contributed by atoms with Crippen LogP contribution < -0.4 is 5.32 Å². The van der Waals surface area contributed by atoms with E-state index in [-0.39, 0.29) is 11.7 Å². The number of nitrogens with zero attached hydrogens (tertiary/aromatic N) is 2. The molecular weight excluding hydrogens is 337 g/mol. The highest BCUT2D eigenvalue weighted by Crippen LogP contribution is 2.22. The third kappa shape index (κ3) is 4.84. The molecule has 1 amide bonds. The van der Waals surface area contributed by atoms with Crippen molar-refractivity contribution in [3.8, 4) is 0 Å². The van der Waals surface area contributed by atoms with Crippen LogP contribution in [0.1, 0.15) is 17.5 Å². The van der Waals surface area contributed by atoms with E-state index in [9.17, 15) is 9.18 Å². The molecule has 0 fully saturated rings. The fourth-order valence-electron chi connectivity index (χ4n) is 2.52. The van der Waals surface area contributed by atoms with Gasteiger partial charge < -0.3 is 5.32 Å². The highest BCUT2D eigenvalue weighted by atomic mass is 32.1. The van der Waals surface area contributed by atoms with Gasteiger partial charge >= 0.3 is 0 Å². The number of nitrogens with one attached hydrogen (secondary N) is 1. The molecule has 0 atom stereocenters. The van der Waals surface area contributed by atoms with Gasteiger partial charge in [0, 0.05) is 6.54 Å². The second-order valence-corrected chi connectivity index (χ2v) is 6.90. The number of amides is 1. The topological polar surface area (TPSA) is 45.2 Å². The van der Waals surface area contributed by atoms with Gasteiger partial charge in [0.1, 0.15) is 10.8 Å². The zero-order chi connectivity index (χ0) is 17.6. The van der Waals surface area contributed by atoms with E-state index in [1.807, 2.05) is 25.1 Å². The van der Waals surface area contributed by atoms with Crippen molar-refractivity contribution in [1.82, 2.24) is 15.2 Å². The third-order valence-electron chi connectivity index (χ3n) is 3.91. The number of thiazole rings is 1. The van der Waals surface area contributed by atoms with E-state index in [0.29, 0.717) is 19.6 Å². The SMILES string of the molecule is CCN(CC(=O)NCc1ccc(F)cc1)Cc1nc2ccccc2s1. The Morgan fingerprint density at radius 1 is 1.20 bits per heavy atom. The maximum Gasteiger partial charge on any atom is 0.234 e. The number of para-hydroxylation sites is 1. The summed E-state index contributed by atoms with van der Waals surface area (Å²) >= 11 is 1.66. The van der Waals surface area contributed by atoms with E-state index in [0.717, 1.165) is 27.3 Å². The van der Waals surface area contributed by atoms with Gasteiger partial charge in [-0.2, -0.15) is 0 Å². The molecule has 0 bridgehead atoms. The average molecular weight is 357 g/mol. The molecule has 130 valence electrons. The van der Waals surface area contributed by atoms with E-state index >= 15 is 0 Å². The second-order valence-electron chi connectivity index (χ2n) is 5.78. The fraction of sp³-hybridized carbons (Fsp3) is 0.263. The molecule has 6 heteroatoms. The van der Waals surface area contributed by atoms with E-state index < -0.39 is 0 Å². The number of aromatic nitrogens is 1. The Hall–Kier alpha value is -2.31. The molecule has 3 aromatic rings. The van der Waals surface area contributed by atoms with E-state index in [4.69, 9.17) is 0 Å². The monoisotopic (exact) mass is 357 g/mol. The first kappa shape index (κ1) is 17.5. The molecule has 0 unspecified atom stereocenters.